The lowest BCUT2D eigenvalue weighted by Gasteiger charge is -2.37. The van der Waals surface area contributed by atoms with Gasteiger partial charge in [0.15, 0.2) is 0 Å². The van der Waals surface area contributed by atoms with Crippen LogP contribution in [0.4, 0.5) is 0 Å². The van der Waals surface area contributed by atoms with E-state index in [0.717, 1.165) is 25.1 Å². The predicted molar refractivity (Wildman–Crippen MR) is 75.7 cm³/mol. The summed E-state index contributed by atoms with van der Waals surface area (Å²) in [6.45, 7) is 4.18. The first-order valence-electron chi connectivity index (χ1n) is 6.99. The Hall–Kier alpha value is -2.21. The fourth-order valence-corrected chi connectivity index (χ4v) is 2.46. The number of methoxy groups -OCH3 is 1. The summed E-state index contributed by atoms with van der Waals surface area (Å²) in [5.41, 5.74) is 1.32. The molecule has 6 nitrogen and oxygen atoms in total. The minimum Gasteiger partial charge on any atom is -0.465 e. The lowest BCUT2D eigenvalue weighted by atomic mass is 10.0. The third-order valence-electron chi connectivity index (χ3n) is 3.83. The van der Waals surface area contributed by atoms with Crippen LogP contribution < -0.4 is 0 Å². The fraction of sp³-hybridized carbons (Fsp3) is 0.400. The summed E-state index contributed by atoms with van der Waals surface area (Å²) in [5.74, 6) is 0.850. The number of likely N-dealkylation sites (tertiary alicyclic amines) is 1. The molecular formula is C15H17N3O3. The minimum absolute atomic E-state index is 0.241. The Morgan fingerprint density at radius 3 is 2.76 bits per heavy atom. The highest BCUT2D eigenvalue weighted by molar-refractivity contribution is 5.89. The second-order valence-corrected chi connectivity index (χ2v) is 4.96. The molecule has 1 unspecified atom stereocenters. The zero-order valence-corrected chi connectivity index (χ0v) is 12.1. The summed E-state index contributed by atoms with van der Waals surface area (Å²) < 4.78 is 10.0. The molecule has 2 aromatic rings. The van der Waals surface area contributed by atoms with Gasteiger partial charge in [-0.3, -0.25) is 4.90 Å². The molecule has 0 spiro atoms. The monoisotopic (exact) mass is 287 g/mol. The predicted octanol–water partition coefficient (Wildman–Crippen LogP) is 2.29. The standard InChI is InChI=1S/C15H17N3O3/c1-3-18-9-8-12(18)14-16-13(17-21-14)10-4-6-11(7-5-10)15(19)20-2/h4-7,12H,3,8-9H2,1-2H3. The van der Waals surface area contributed by atoms with Gasteiger partial charge in [0.05, 0.1) is 18.7 Å². The Balaban J connectivity index is 1.78. The van der Waals surface area contributed by atoms with Gasteiger partial charge in [-0.05, 0) is 25.1 Å². The SMILES string of the molecule is CCN1CCC1c1nc(-c2ccc(C(=O)OC)cc2)no1. The van der Waals surface area contributed by atoms with Gasteiger partial charge in [-0.25, -0.2) is 4.79 Å². The molecule has 6 heteroatoms. The van der Waals surface area contributed by atoms with Crippen LogP contribution >= 0.6 is 0 Å². The number of esters is 1. The van der Waals surface area contributed by atoms with Crippen molar-refractivity contribution in [2.45, 2.75) is 19.4 Å². The summed E-state index contributed by atoms with van der Waals surface area (Å²) >= 11 is 0. The highest BCUT2D eigenvalue weighted by Crippen LogP contribution is 2.32. The van der Waals surface area contributed by atoms with Gasteiger partial charge >= 0.3 is 5.97 Å². The summed E-state index contributed by atoms with van der Waals surface area (Å²) in [6.07, 6.45) is 1.05. The first-order chi connectivity index (χ1) is 10.2. The van der Waals surface area contributed by atoms with Gasteiger partial charge in [-0.15, -0.1) is 0 Å². The van der Waals surface area contributed by atoms with Gasteiger partial charge in [0.1, 0.15) is 0 Å². The first kappa shape index (κ1) is 13.8. The summed E-state index contributed by atoms with van der Waals surface area (Å²) in [4.78, 5) is 18.1. The van der Waals surface area contributed by atoms with E-state index in [1.54, 1.807) is 24.3 Å². The number of nitrogens with zero attached hydrogens (tertiary/aromatic N) is 3. The van der Waals surface area contributed by atoms with E-state index in [-0.39, 0.29) is 12.0 Å². The van der Waals surface area contributed by atoms with Crippen molar-refractivity contribution in [2.75, 3.05) is 20.2 Å². The second-order valence-electron chi connectivity index (χ2n) is 4.96. The topological polar surface area (TPSA) is 68.5 Å². The van der Waals surface area contributed by atoms with Crippen molar-refractivity contribution in [1.29, 1.82) is 0 Å². The van der Waals surface area contributed by atoms with E-state index in [2.05, 4.69) is 26.7 Å². The van der Waals surface area contributed by atoms with Crippen LogP contribution in [-0.2, 0) is 4.74 Å². The minimum atomic E-state index is -0.358. The summed E-state index contributed by atoms with van der Waals surface area (Å²) in [7, 11) is 1.36. The fourth-order valence-electron chi connectivity index (χ4n) is 2.46. The van der Waals surface area contributed by atoms with E-state index >= 15 is 0 Å². The lowest BCUT2D eigenvalue weighted by molar-refractivity contribution is 0.0601. The lowest BCUT2D eigenvalue weighted by Crippen LogP contribution is -2.40. The number of hydrogen-bond acceptors (Lipinski definition) is 6. The average molecular weight is 287 g/mol. The molecule has 1 aromatic heterocycles. The number of aromatic nitrogens is 2. The number of ether oxygens (including phenoxy) is 1. The molecule has 0 radical (unpaired) electrons. The summed E-state index contributed by atoms with van der Waals surface area (Å²) in [6, 6.07) is 7.21. The number of rotatable bonds is 4. The number of benzene rings is 1. The first-order valence-corrected chi connectivity index (χ1v) is 6.99. The van der Waals surface area contributed by atoms with Crippen molar-refractivity contribution in [1.82, 2.24) is 15.0 Å². The maximum Gasteiger partial charge on any atom is 0.337 e. The van der Waals surface area contributed by atoms with E-state index in [9.17, 15) is 4.79 Å². The molecule has 3 rings (SSSR count). The Morgan fingerprint density at radius 1 is 1.43 bits per heavy atom. The van der Waals surface area contributed by atoms with Crippen LogP contribution in [0, 0.1) is 0 Å². The number of carbonyl (C=O) groups excluding carboxylic acids is 1. The van der Waals surface area contributed by atoms with E-state index in [1.165, 1.54) is 7.11 Å². The molecule has 1 atom stereocenters. The van der Waals surface area contributed by atoms with Crippen LogP contribution in [0.15, 0.2) is 28.8 Å². The maximum absolute atomic E-state index is 11.4. The van der Waals surface area contributed by atoms with E-state index in [1.807, 2.05) is 0 Å². The molecule has 1 saturated heterocycles. The molecule has 0 bridgehead atoms. The molecule has 0 N–H and O–H groups in total. The van der Waals surface area contributed by atoms with Crippen LogP contribution in [0.1, 0.15) is 35.6 Å². The molecular weight excluding hydrogens is 270 g/mol. The largest absolute Gasteiger partial charge is 0.465 e. The van der Waals surface area contributed by atoms with Crippen LogP contribution in [0.2, 0.25) is 0 Å². The molecule has 1 aliphatic heterocycles. The Labute approximate surface area is 122 Å². The Morgan fingerprint density at radius 2 is 2.19 bits per heavy atom. The quantitative estimate of drug-likeness (QED) is 0.804. The van der Waals surface area contributed by atoms with Gasteiger partial charge in [-0.2, -0.15) is 4.98 Å². The van der Waals surface area contributed by atoms with Crippen LogP contribution in [0.5, 0.6) is 0 Å². The maximum atomic E-state index is 11.4. The number of hydrogen-bond donors (Lipinski definition) is 0. The third kappa shape index (κ3) is 2.54. The number of carbonyl (C=O) groups is 1. The van der Waals surface area contributed by atoms with Gasteiger partial charge in [0.2, 0.25) is 11.7 Å². The zero-order chi connectivity index (χ0) is 14.8. The van der Waals surface area contributed by atoms with Crippen molar-refractivity contribution in [2.24, 2.45) is 0 Å². The Bertz CT molecular complexity index is 634. The van der Waals surface area contributed by atoms with Crippen molar-refractivity contribution >= 4 is 5.97 Å². The molecule has 0 saturated carbocycles. The second kappa shape index (κ2) is 5.65. The molecule has 1 fully saturated rings. The highest BCUT2D eigenvalue weighted by atomic mass is 16.5. The molecule has 1 aliphatic rings. The molecule has 0 aliphatic carbocycles. The van der Waals surface area contributed by atoms with E-state index < -0.39 is 0 Å². The van der Waals surface area contributed by atoms with Gasteiger partial charge < -0.3 is 9.26 Å². The smallest absolute Gasteiger partial charge is 0.337 e. The average Bonchev–Trinajstić information content (AvgIpc) is 2.95. The van der Waals surface area contributed by atoms with Crippen molar-refractivity contribution in [3.63, 3.8) is 0 Å². The normalized spacial score (nSPS) is 18.3. The molecule has 110 valence electrons. The molecule has 21 heavy (non-hydrogen) atoms. The van der Waals surface area contributed by atoms with Gasteiger partial charge in [0.25, 0.3) is 0 Å². The van der Waals surface area contributed by atoms with E-state index in [0.29, 0.717) is 17.3 Å². The van der Waals surface area contributed by atoms with Crippen LogP contribution in [-0.4, -0.2) is 41.2 Å². The van der Waals surface area contributed by atoms with Crippen LogP contribution in [0.25, 0.3) is 11.4 Å². The highest BCUT2D eigenvalue weighted by Gasteiger charge is 2.32. The van der Waals surface area contributed by atoms with Crippen molar-refractivity contribution in [3.8, 4) is 11.4 Å². The van der Waals surface area contributed by atoms with Crippen molar-refractivity contribution < 1.29 is 14.1 Å². The zero-order valence-electron chi connectivity index (χ0n) is 12.1. The van der Waals surface area contributed by atoms with Crippen molar-refractivity contribution in [3.05, 3.63) is 35.7 Å². The summed E-state index contributed by atoms with van der Waals surface area (Å²) in [5, 5.41) is 4.02. The van der Waals surface area contributed by atoms with Gasteiger partial charge in [-0.1, -0.05) is 24.2 Å². The van der Waals surface area contributed by atoms with Crippen LogP contribution in [0.3, 0.4) is 0 Å². The Kier molecular flexibility index (Phi) is 3.70. The molecule has 0 amide bonds. The van der Waals surface area contributed by atoms with Gasteiger partial charge in [0, 0.05) is 12.1 Å². The molecule has 1 aromatic carbocycles. The molecule has 2 heterocycles. The third-order valence-corrected chi connectivity index (χ3v) is 3.83. The van der Waals surface area contributed by atoms with E-state index in [4.69, 9.17) is 4.52 Å².